The monoisotopic (exact) mass is 440 g/mol. The maximum atomic E-state index is 13.2. The molecule has 1 saturated heterocycles. The largest absolute Gasteiger partial charge is 0.484 e. The van der Waals surface area contributed by atoms with Gasteiger partial charge < -0.3 is 15.0 Å². The van der Waals surface area contributed by atoms with Gasteiger partial charge in [-0.15, -0.1) is 0 Å². The minimum absolute atomic E-state index is 0.142. The number of benzene rings is 2. The first-order valence-electron chi connectivity index (χ1n) is 9.81. The van der Waals surface area contributed by atoms with Gasteiger partial charge >= 0.3 is 6.18 Å². The molecule has 0 spiro atoms. The van der Waals surface area contributed by atoms with Gasteiger partial charge in [-0.1, -0.05) is 11.6 Å². The van der Waals surface area contributed by atoms with Gasteiger partial charge in [0.25, 0.3) is 5.91 Å². The summed E-state index contributed by atoms with van der Waals surface area (Å²) in [6.07, 6.45) is -1.47. The Morgan fingerprint density at radius 2 is 1.73 bits per heavy atom. The Kier molecular flexibility index (Phi) is 6.81. The van der Waals surface area contributed by atoms with Crippen LogP contribution in [0.2, 0.25) is 5.02 Å². The van der Waals surface area contributed by atoms with Crippen molar-refractivity contribution in [2.75, 3.05) is 29.9 Å². The topological polar surface area (TPSA) is 41.6 Å². The second-order valence-corrected chi connectivity index (χ2v) is 7.86. The van der Waals surface area contributed by atoms with Gasteiger partial charge in [0.05, 0.1) is 16.9 Å². The molecule has 0 atom stereocenters. The van der Waals surface area contributed by atoms with E-state index in [9.17, 15) is 18.0 Å². The van der Waals surface area contributed by atoms with Gasteiger partial charge in [-0.2, -0.15) is 13.2 Å². The van der Waals surface area contributed by atoms with E-state index in [1.165, 1.54) is 6.07 Å². The second-order valence-electron chi connectivity index (χ2n) is 7.49. The Morgan fingerprint density at radius 1 is 1.10 bits per heavy atom. The number of rotatable bonds is 5. The maximum absolute atomic E-state index is 13.2. The SMILES string of the molecule is Cc1cc(OCC(=O)Nc2cc(C(F)(F)F)ccc2N2CCCCC2)cc(C)c1Cl. The fourth-order valence-electron chi connectivity index (χ4n) is 3.55. The van der Waals surface area contributed by atoms with Crippen molar-refractivity contribution in [1.29, 1.82) is 0 Å². The number of amides is 1. The molecule has 2 aromatic carbocycles. The lowest BCUT2D eigenvalue weighted by molar-refractivity contribution is -0.137. The van der Waals surface area contributed by atoms with Crippen LogP contribution in [0, 0.1) is 13.8 Å². The minimum atomic E-state index is -4.49. The van der Waals surface area contributed by atoms with E-state index >= 15 is 0 Å². The number of hydrogen-bond donors (Lipinski definition) is 1. The molecule has 0 aromatic heterocycles. The van der Waals surface area contributed by atoms with Crippen LogP contribution in [0.1, 0.15) is 36.0 Å². The number of carbonyl (C=O) groups excluding carboxylic acids is 1. The standard InChI is InChI=1S/C22H24ClF3N2O2/c1-14-10-17(11-15(2)21(14)23)30-13-20(29)27-18-12-16(22(24,25)26)6-7-19(18)28-8-4-3-5-9-28/h6-7,10-12H,3-5,8-9,13H2,1-2H3,(H,27,29). The van der Waals surface area contributed by atoms with Gasteiger partial charge in [-0.05, 0) is 74.6 Å². The summed E-state index contributed by atoms with van der Waals surface area (Å²) >= 11 is 6.13. The van der Waals surface area contributed by atoms with E-state index in [4.69, 9.17) is 16.3 Å². The van der Waals surface area contributed by atoms with Crippen molar-refractivity contribution in [3.05, 3.63) is 52.0 Å². The van der Waals surface area contributed by atoms with E-state index < -0.39 is 17.6 Å². The lowest BCUT2D eigenvalue weighted by Crippen LogP contribution is -2.31. The summed E-state index contributed by atoms with van der Waals surface area (Å²) in [5.74, 6) is -0.0531. The molecule has 0 aliphatic carbocycles. The molecular weight excluding hydrogens is 417 g/mol. The molecule has 0 radical (unpaired) electrons. The number of alkyl halides is 3. The summed E-state index contributed by atoms with van der Waals surface area (Å²) in [7, 11) is 0. The number of hydrogen-bond acceptors (Lipinski definition) is 3. The Bertz CT molecular complexity index is 902. The lowest BCUT2D eigenvalue weighted by Gasteiger charge is -2.31. The summed E-state index contributed by atoms with van der Waals surface area (Å²) in [5.41, 5.74) is 1.57. The van der Waals surface area contributed by atoms with Gasteiger partial charge in [-0.25, -0.2) is 0 Å². The van der Waals surface area contributed by atoms with Crippen molar-refractivity contribution < 1.29 is 22.7 Å². The highest BCUT2D eigenvalue weighted by molar-refractivity contribution is 6.32. The van der Waals surface area contributed by atoms with Crippen molar-refractivity contribution in [3.8, 4) is 5.75 Å². The van der Waals surface area contributed by atoms with E-state index in [0.717, 1.165) is 55.6 Å². The molecule has 1 N–H and O–H groups in total. The molecule has 1 aliphatic heterocycles. The highest BCUT2D eigenvalue weighted by atomic mass is 35.5. The number of nitrogens with one attached hydrogen (secondary N) is 1. The first-order chi connectivity index (χ1) is 14.1. The second kappa shape index (κ2) is 9.16. The first kappa shape index (κ1) is 22.3. The summed E-state index contributed by atoms with van der Waals surface area (Å²) < 4.78 is 45.1. The van der Waals surface area contributed by atoms with Crippen LogP contribution in [0.15, 0.2) is 30.3 Å². The van der Waals surface area contributed by atoms with Crippen LogP contribution in [0.4, 0.5) is 24.5 Å². The number of anilines is 2. The summed E-state index contributed by atoms with van der Waals surface area (Å²) in [6, 6.07) is 6.89. The van der Waals surface area contributed by atoms with Crippen molar-refractivity contribution in [2.24, 2.45) is 0 Å². The Hall–Kier alpha value is -2.41. The molecule has 3 rings (SSSR count). The minimum Gasteiger partial charge on any atom is -0.484 e. The van der Waals surface area contributed by atoms with Gasteiger partial charge in [0.1, 0.15) is 5.75 Å². The van der Waals surface area contributed by atoms with Crippen LogP contribution in [0.3, 0.4) is 0 Å². The number of nitrogens with zero attached hydrogens (tertiary/aromatic N) is 1. The number of ether oxygens (including phenoxy) is 1. The molecule has 0 saturated carbocycles. The zero-order chi connectivity index (χ0) is 21.9. The molecule has 1 amide bonds. The molecule has 1 aliphatic rings. The van der Waals surface area contributed by atoms with Gasteiger partial charge in [0, 0.05) is 18.1 Å². The lowest BCUT2D eigenvalue weighted by atomic mass is 10.1. The normalized spacial score (nSPS) is 14.5. The van der Waals surface area contributed by atoms with Crippen LogP contribution in [0.5, 0.6) is 5.75 Å². The molecule has 2 aromatic rings. The van der Waals surface area contributed by atoms with Crippen LogP contribution in [-0.4, -0.2) is 25.6 Å². The third-order valence-corrected chi connectivity index (χ3v) is 5.67. The molecular formula is C22H24ClF3N2O2. The highest BCUT2D eigenvalue weighted by Gasteiger charge is 2.32. The molecule has 0 bridgehead atoms. The molecule has 30 heavy (non-hydrogen) atoms. The van der Waals surface area contributed by atoms with Gasteiger partial charge in [0.2, 0.25) is 0 Å². The summed E-state index contributed by atoms with van der Waals surface area (Å²) in [6.45, 7) is 4.82. The quantitative estimate of drug-likeness (QED) is 0.621. The summed E-state index contributed by atoms with van der Waals surface area (Å²) in [5, 5.41) is 3.23. The third kappa shape index (κ3) is 5.39. The average Bonchev–Trinajstić information content (AvgIpc) is 2.70. The number of aryl methyl sites for hydroxylation is 2. The Balaban J connectivity index is 1.76. The average molecular weight is 441 g/mol. The fraction of sp³-hybridized carbons (Fsp3) is 0.409. The smallest absolute Gasteiger partial charge is 0.416 e. The predicted octanol–water partition coefficient (Wildman–Crippen LogP) is 5.98. The van der Waals surface area contributed by atoms with E-state index in [0.29, 0.717) is 16.5 Å². The first-order valence-corrected chi connectivity index (χ1v) is 10.2. The van der Waals surface area contributed by atoms with Crippen molar-refractivity contribution in [2.45, 2.75) is 39.3 Å². The number of piperidine rings is 1. The van der Waals surface area contributed by atoms with Gasteiger partial charge in [0.15, 0.2) is 6.61 Å². The summed E-state index contributed by atoms with van der Waals surface area (Å²) in [4.78, 5) is 14.5. The zero-order valence-corrected chi connectivity index (χ0v) is 17.7. The zero-order valence-electron chi connectivity index (χ0n) is 16.9. The van der Waals surface area contributed by atoms with Gasteiger partial charge in [-0.3, -0.25) is 4.79 Å². The van der Waals surface area contributed by atoms with E-state index in [-0.39, 0.29) is 12.3 Å². The molecule has 0 unspecified atom stereocenters. The maximum Gasteiger partial charge on any atom is 0.416 e. The molecule has 4 nitrogen and oxygen atoms in total. The van der Waals surface area contributed by atoms with E-state index in [2.05, 4.69) is 5.32 Å². The van der Waals surface area contributed by atoms with Crippen molar-refractivity contribution in [3.63, 3.8) is 0 Å². The fourth-order valence-corrected chi connectivity index (χ4v) is 3.66. The highest BCUT2D eigenvalue weighted by Crippen LogP contribution is 2.36. The molecule has 1 heterocycles. The third-order valence-electron chi connectivity index (χ3n) is 5.07. The van der Waals surface area contributed by atoms with Crippen molar-refractivity contribution >= 4 is 28.9 Å². The number of halogens is 4. The molecule has 162 valence electrons. The van der Waals surface area contributed by atoms with Crippen LogP contribution in [0.25, 0.3) is 0 Å². The molecule has 1 fully saturated rings. The van der Waals surface area contributed by atoms with E-state index in [1.807, 2.05) is 18.7 Å². The Labute approximate surface area is 179 Å². The van der Waals surface area contributed by atoms with E-state index in [1.54, 1.807) is 12.1 Å². The van der Waals surface area contributed by atoms with Crippen LogP contribution < -0.4 is 15.0 Å². The van der Waals surface area contributed by atoms with Crippen LogP contribution >= 0.6 is 11.6 Å². The Morgan fingerprint density at radius 3 is 2.33 bits per heavy atom. The van der Waals surface area contributed by atoms with Crippen molar-refractivity contribution in [1.82, 2.24) is 0 Å². The number of carbonyl (C=O) groups is 1. The molecule has 8 heteroatoms. The predicted molar refractivity (Wildman–Crippen MR) is 113 cm³/mol. The van der Waals surface area contributed by atoms with Crippen LogP contribution in [-0.2, 0) is 11.0 Å².